The lowest BCUT2D eigenvalue weighted by Gasteiger charge is -2.24. The van der Waals surface area contributed by atoms with E-state index in [1.54, 1.807) is 20.1 Å². The van der Waals surface area contributed by atoms with Gasteiger partial charge in [0.05, 0.1) is 12.1 Å². The Labute approximate surface area is 214 Å². The number of rotatable bonds is 11. The number of sulfonamides is 1. The van der Waals surface area contributed by atoms with Crippen molar-refractivity contribution < 1.29 is 17.9 Å². The molecule has 2 fully saturated rings. The first-order chi connectivity index (χ1) is 17.3. The molecule has 0 amide bonds. The van der Waals surface area contributed by atoms with E-state index >= 15 is 0 Å². The fourth-order valence-electron chi connectivity index (χ4n) is 4.51. The van der Waals surface area contributed by atoms with E-state index in [0.29, 0.717) is 34.3 Å². The summed E-state index contributed by atoms with van der Waals surface area (Å²) in [5.41, 5.74) is 0.566. The van der Waals surface area contributed by atoms with Crippen molar-refractivity contribution in [3.05, 3.63) is 41.4 Å². The Kier molecular flexibility index (Phi) is 6.84. The third-order valence-corrected chi connectivity index (χ3v) is 8.55. The summed E-state index contributed by atoms with van der Waals surface area (Å²) in [5.74, 6) is 2.24. The first-order valence-electron chi connectivity index (χ1n) is 11.8. The summed E-state index contributed by atoms with van der Waals surface area (Å²) in [6.07, 6.45) is 6.25. The summed E-state index contributed by atoms with van der Waals surface area (Å²) in [5, 5.41) is 7.97. The lowest BCUT2D eigenvalue weighted by Crippen LogP contribution is -2.34. The molecule has 0 radical (unpaired) electrons. The number of ether oxygens (including phenoxy) is 2. The number of anilines is 1. The Morgan fingerprint density at radius 1 is 1.08 bits per heavy atom. The zero-order valence-corrected chi connectivity index (χ0v) is 21.8. The van der Waals surface area contributed by atoms with Gasteiger partial charge in [-0.05, 0) is 50.5 Å². The van der Waals surface area contributed by atoms with Gasteiger partial charge in [-0.3, -0.25) is 9.29 Å². The molecular weight excluding hydrogens is 506 g/mol. The van der Waals surface area contributed by atoms with E-state index in [1.807, 2.05) is 16.7 Å². The van der Waals surface area contributed by atoms with Gasteiger partial charge in [0.25, 0.3) is 0 Å². The maximum atomic E-state index is 13.5. The van der Waals surface area contributed by atoms with Gasteiger partial charge >= 0.3 is 0 Å². The van der Waals surface area contributed by atoms with E-state index in [2.05, 4.69) is 29.9 Å². The third kappa shape index (κ3) is 5.02. The van der Waals surface area contributed by atoms with E-state index in [-0.39, 0.29) is 17.8 Å². The third-order valence-electron chi connectivity index (χ3n) is 6.66. The van der Waals surface area contributed by atoms with Gasteiger partial charge in [0.1, 0.15) is 17.0 Å². The monoisotopic (exact) mass is 533 g/mol. The Morgan fingerprint density at radius 2 is 1.75 bits per heavy atom. The topological polar surface area (TPSA) is 134 Å². The van der Waals surface area contributed by atoms with Crippen molar-refractivity contribution in [2.45, 2.75) is 50.0 Å². The molecule has 11 nitrogen and oxygen atoms in total. The van der Waals surface area contributed by atoms with Crippen LogP contribution in [0.25, 0.3) is 11.5 Å². The van der Waals surface area contributed by atoms with Gasteiger partial charge in [-0.15, -0.1) is 10.2 Å². The van der Waals surface area contributed by atoms with Crippen molar-refractivity contribution in [2.75, 3.05) is 18.9 Å². The molecule has 0 bridgehead atoms. The summed E-state index contributed by atoms with van der Waals surface area (Å²) in [4.78, 5) is 12.8. The van der Waals surface area contributed by atoms with E-state index in [4.69, 9.17) is 21.1 Å². The highest BCUT2D eigenvalue weighted by molar-refractivity contribution is 7.93. The highest BCUT2D eigenvalue weighted by Gasteiger charge is 2.45. The van der Waals surface area contributed by atoms with Crippen LogP contribution in [0.5, 0.6) is 5.88 Å². The largest absolute Gasteiger partial charge is 0.481 e. The number of methoxy groups -OCH3 is 2. The first kappa shape index (κ1) is 24.8. The van der Waals surface area contributed by atoms with Crippen LogP contribution in [0.15, 0.2) is 30.6 Å². The number of nitrogens with zero attached hydrogens (tertiary/aromatic N) is 6. The fourth-order valence-corrected chi connectivity index (χ4v) is 5.75. The van der Waals surface area contributed by atoms with Crippen molar-refractivity contribution in [1.29, 1.82) is 0 Å². The van der Waals surface area contributed by atoms with Gasteiger partial charge in [-0.25, -0.2) is 23.4 Å². The molecule has 192 valence electrons. The van der Waals surface area contributed by atoms with Crippen LogP contribution < -0.4 is 9.46 Å². The zero-order chi connectivity index (χ0) is 25.4. The second kappa shape index (κ2) is 9.91. The van der Waals surface area contributed by atoms with Gasteiger partial charge in [0.15, 0.2) is 11.6 Å². The van der Waals surface area contributed by atoms with Crippen LogP contribution in [0, 0.1) is 11.8 Å². The summed E-state index contributed by atoms with van der Waals surface area (Å²) < 4.78 is 42.5. The minimum Gasteiger partial charge on any atom is -0.481 e. The number of pyridine rings is 1. The van der Waals surface area contributed by atoms with Crippen molar-refractivity contribution in [3.63, 3.8) is 0 Å². The van der Waals surface area contributed by atoms with Crippen LogP contribution in [0.2, 0.25) is 5.02 Å². The second-order valence-electron chi connectivity index (χ2n) is 9.22. The fraction of sp³-hybridized carbons (Fsp3) is 0.522. The van der Waals surface area contributed by atoms with Gasteiger partial charge < -0.3 is 9.47 Å². The lowest BCUT2D eigenvalue weighted by molar-refractivity contribution is 0.0950. The van der Waals surface area contributed by atoms with Crippen molar-refractivity contribution in [1.82, 2.24) is 29.7 Å². The quantitative estimate of drug-likeness (QED) is 0.391. The van der Waals surface area contributed by atoms with Crippen LogP contribution in [0.4, 0.5) is 5.95 Å². The number of nitrogens with one attached hydrogen (secondary N) is 1. The summed E-state index contributed by atoms with van der Waals surface area (Å²) >= 11 is 5.89. The van der Waals surface area contributed by atoms with Gasteiger partial charge in [-0.2, -0.15) is 0 Å². The number of hydrogen-bond acceptors (Lipinski definition) is 9. The predicted octanol–water partition coefficient (Wildman–Crippen LogP) is 3.67. The molecule has 3 aromatic heterocycles. The maximum Gasteiger partial charge on any atom is 0.240 e. The summed E-state index contributed by atoms with van der Waals surface area (Å²) in [7, 11) is -1.02. The average Bonchev–Trinajstić information content (AvgIpc) is 3.81. The van der Waals surface area contributed by atoms with Gasteiger partial charge in [-0.1, -0.05) is 17.7 Å². The SMILES string of the molecule is COc1cccc(-c2nnc(NS(=O)(=O)[C@@H](C)[C@H](OC)c3ncc(Cl)cn3)n2C(C2CC2)C2CC2)n1. The van der Waals surface area contributed by atoms with E-state index < -0.39 is 21.4 Å². The predicted molar refractivity (Wildman–Crippen MR) is 133 cm³/mol. The normalized spacial score (nSPS) is 17.7. The Hall–Kier alpha value is -2.83. The molecule has 2 saturated carbocycles. The van der Waals surface area contributed by atoms with Crippen molar-refractivity contribution >= 4 is 27.6 Å². The molecule has 0 saturated heterocycles. The van der Waals surface area contributed by atoms with Crippen LogP contribution in [-0.4, -0.2) is 57.6 Å². The molecule has 0 unspecified atom stereocenters. The molecule has 3 aromatic rings. The van der Waals surface area contributed by atoms with Crippen LogP contribution in [-0.2, 0) is 14.8 Å². The van der Waals surface area contributed by atoms with Crippen LogP contribution in [0.1, 0.15) is 50.6 Å². The molecular formula is C23H28ClN7O4S. The molecule has 2 aliphatic carbocycles. The molecule has 13 heteroatoms. The summed E-state index contributed by atoms with van der Waals surface area (Å²) in [6, 6.07) is 5.48. The molecule has 2 atom stereocenters. The molecule has 3 heterocycles. The summed E-state index contributed by atoms with van der Waals surface area (Å²) in [6.45, 7) is 1.54. The molecule has 0 aromatic carbocycles. The second-order valence-corrected chi connectivity index (χ2v) is 11.7. The Morgan fingerprint density at radius 3 is 2.33 bits per heavy atom. The lowest BCUT2D eigenvalue weighted by atomic mass is 10.1. The molecule has 0 aliphatic heterocycles. The number of halogens is 1. The average molecular weight is 534 g/mol. The van der Waals surface area contributed by atoms with E-state index in [0.717, 1.165) is 25.7 Å². The minimum absolute atomic E-state index is 0.0915. The molecule has 5 rings (SSSR count). The molecule has 2 aliphatic rings. The van der Waals surface area contributed by atoms with Crippen LogP contribution >= 0.6 is 11.6 Å². The number of hydrogen-bond donors (Lipinski definition) is 1. The molecule has 1 N–H and O–H groups in total. The standard InChI is InChI=1S/C23H28ClN7O4S/c1-13(20(35-3)21-25-11-16(24)12-26-21)36(32,33)30-23-29-28-22(17-5-4-6-18(27-17)34-2)31(23)19(14-7-8-14)15-9-10-15/h4-6,11-15,19-20H,7-10H2,1-3H3,(H,29,30)/t13-,20-/m0/s1. The smallest absolute Gasteiger partial charge is 0.240 e. The minimum atomic E-state index is -3.99. The first-order valence-corrected chi connectivity index (χ1v) is 13.7. The van der Waals surface area contributed by atoms with Crippen molar-refractivity contribution in [2.24, 2.45) is 11.8 Å². The van der Waals surface area contributed by atoms with Crippen LogP contribution in [0.3, 0.4) is 0 Å². The molecule has 0 spiro atoms. The van der Waals surface area contributed by atoms with Crippen molar-refractivity contribution in [3.8, 4) is 17.4 Å². The number of aromatic nitrogens is 6. The van der Waals surface area contributed by atoms with Gasteiger partial charge in [0, 0.05) is 31.6 Å². The van der Waals surface area contributed by atoms with E-state index in [9.17, 15) is 8.42 Å². The molecule has 36 heavy (non-hydrogen) atoms. The zero-order valence-electron chi connectivity index (χ0n) is 20.2. The highest BCUT2D eigenvalue weighted by Crippen LogP contribution is 2.53. The van der Waals surface area contributed by atoms with Gasteiger partial charge in [0.2, 0.25) is 21.9 Å². The maximum absolute atomic E-state index is 13.5. The van der Waals surface area contributed by atoms with E-state index in [1.165, 1.54) is 19.5 Å². The highest BCUT2D eigenvalue weighted by atomic mass is 35.5. The Bertz CT molecular complexity index is 1310. The Balaban J connectivity index is 1.51.